The van der Waals surface area contributed by atoms with Crippen LogP contribution in [0.25, 0.3) is 0 Å². The molecule has 2 N–H and O–H groups in total. The lowest BCUT2D eigenvalue weighted by Gasteiger charge is -2.13. The lowest BCUT2D eigenvalue weighted by molar-refractivity contribution is -0.137. The summed E-state index contributed by atoms with van der Waals surface area (Å²) in [7, 11) is 0. The molecule has 0 aromatic heterocycles. The molecule has 102 valence electrons. The highest BCUT2D eigenvalue weighted by atomic mass is 19.4. The minimum atomic E-state index is -4.26. The standard InChI is InChI=1S/C14H20F3N/c1-3-11-6-12(5-4-10(2)9-18)8-13(7-11)14(15,16)17/h6-8,10H,3-5,9,18H2,1-2H3/t10-/m0/s1. The molecule has 1 nitrogen and oxygen atoms in total. The lowest BCUT2D eigenvalue weighted by Crippen LogP contribution is -2.12. The van der Waals surface area contributed by atoms with Crippen molar-refractivity contribution in [1.82, 2.24) is 0 Å². The Balaban J connectivity index is 2.91. The Kier molecular flexibility index (Phi) is 5.20. The van der Waals surface area contributed by atoms with Gasteiger partial charge in [-0.1, -0.05) is 19.9 Å². The third-order valence-corrected chi connectivity index (χ3v) is 3.12. The van der Waals surface area contributed by atoms with Crippen molar-refractivity contribution < 1.29 is 13.2 Å². The first-order chi connectivity index (χ1) is 8.36. The summed E-state index contributed by atoms with van der Waals surface area (Å²) < 4.78 is 38.2. The Labute approximate surface area is 106 Å². The van der Waals surface area contributed by atoms with E-state index in [1.165, 1.54) is 12.1 Å². The van der Waals surface area contributed by atoms with Crippen molar-refractivity contribution in [3.8, 4) is 0 Å². The van der Waals surface area contributed by atoms with Gasteiger partial charge in [0.25, 0.3) is 0 Å². The molecule has 1 aromatic rings. The monoisotopic (exact) mass is 259 g/mol. The molecular weight excluding hydrogens is 239 g/mol. The topological polar surface area (TPSA) is 26.0 Å². The molecule has 0 amide bonds. The summed E-state index contributed by atoms with van der Waals surface area (Å²) in [5.41, 5.74) is 6.46. The second-order valence-electron chi connectivity index (χ2n) is 4.77. The number of hydrogen-bond acceptors (Lipinski definition) is 1. The van der Waals surface area contributed by atoms with Crippen LogP contribution in [0.15, 0.2) is 18.2 Å². The highest BCUT2D eigenvalue weighted by Gasteiger charge is 2.30. The lowest BCUT2D eigenvalue weighted by atomic mass is 9.97. The van der Waals surface area contributed by atoms with Gasteiger partial charge >= 0.3 is 6.18 Å². The molecule has 0 aliphatic carbocycles. The summed E-state index contributed by atoms with van der Waals surface area (Å²) in [4.78, 5) is 0. The number of rotatable bonds is 5. The van der Waals surface area contributed by atoms with E-state index in [4.69, 9.17) is 5.73 Å². The van der Waals surface area contributed by atoms with Crippen LogP contribution in [0.1, 0.15) is 37.0 Å². The van der Waals surface area contributed by atoms with Gasteiger partial charge in [-0.2, -0.15) is 13.2 Å². The fraction of sp³-hybridized carbons (Fsp3) is 0.571. The molecule has 0 saturated carbocycles. The average Bonchev–Trinajstić information content (AvgIpc) is 2.34. The van der Waals surface area contributed by atoms with Crippen LogP contribution in [0.4, 0.5) is 13.2 Å². The summed E-state index contributed by atoms with van der Waals surface area (Å²) in [6.07, 6.45) is -2.18. The maximum Gasteiger partial charge on any atom is 0.416 e. The fourth-order valence-electron chi connectivity index (χ4n) is 1.81. The van der Waals surface area contributed by atoms with Crippen LogP contribution in [0, 0.1) is 5.92 Å². The van der Waals surface area contributed by atoms with E-state index in [0.717, 1.165) is 17.5 Å². The first kappa shape index (κ1) is 15.0. The van der Waals surface area contributed by atoms with Crippen molar-refractivity contribution >= 4 is 0 Å². The van der Waals surface area contributed by atoms with E-state index in [0.29, 0.717) is 25.3 Å². The van der Waals surface area contributed by atoms with Crippen molar-refractivity contribution in [1.29, 1.82) is 0 Å². The predicted molar refractivity (Wildman–Crippen MR) is 67.4 cm³/mol. The smallest absolute Gasteiger partial charge is 0.330 e. The highest BCUT2D eigenvalue weighted by Crippen LogP contribution is 2.31. The third kappa shape index (κ3) is 4.33. The van der Waals surface area contributed by atoms with Gasteiger partial charge in [-0.05, 0) is 55.0 Å². The van der Waals surface area contributed by atoms with Crippen molar-refractivity contribution in [2.75, 3.05) is 6.54 Å². The van der Waals surface area contributed by atoms with Crippen molar-refractivity contribution in [2.45, 2.75) is 39.3 Å². The Morgan fingerprint density at radius 1 is 1.17 bits per heavy atom. The predicted octanol–water partition coefficient (Wildman–Crippen LogP) is 3.80. The number of nitrogens with two attached hydrogens (primary N) is 1. The Bertz CT molecular complexity index is 385. The third-order valence-electron chi connectivity index (χ3n) is 3.12. The largest absolute Gasteiger partial charge is 0.416 e. The molecule has 1 aromatic carbocycles. The van der Waals surface area contributed by atoms with Crippen LogP contribution < -0.4 is 5.73 Å². The first-order valence-corrected chi connectivity index (χ1v) is 6.27. The molecule has 18 heavy (non-hydrogen) atoms. The van der Waals surface area contributed by atoms with Crippen molar-refractivity contribution in [2.24, 2.45) is 11.7 Å². The van der Waals surface area contributed by atoms with Crippen LogP contribution in [-0.4, -0.2) is 6.54 Å². The normalized spacial score (nSPS) is 13.7. The Morgan fingerprint density at radius 2 is 1.78 bits per heavy atom. The average molecular weight is 259 g/mol. The van der Waals surface area contributed by atoms with Gasteiger partial charge in [-0.3, -0.25) is 0 Å². The van der Waals surface area contributed by atoms with Gasteiger partial charge in [0.05, 0.1) is 5.56 Å². The van der Waals surface area contributed by atoms with Gasteiger partial charge < -0.3 is 5.73 Å². The molecule has 0 bridgehead atoms. The summed E-state index contributed by atoms with van der Waals surface area (Å²) in [5.74, 6) is 0.338. The molecule has 4 heteroatoms. The molecule has 0 heterocycles. The van der Waals surface area contributed by atoms with Gasteiger partial charge in [0.1, 0.15) is 0 Å². The molecule has 0 aliphatic rings. The zero-order valence-corrected chi connectivity index (χ0v) is 10.8. The van der Waals surface area contributed by atoms with Gasteiger partial charge in [-0.15, -0.1) is 0 Å². The molecular formula is C14H20F3N. The van der Waals surface area contributed by atoms with E-state index in [1.807, 2.05) is 19.9 Å². The van der Waals surface area contributed by atoms with E-state index in [1.54, 1.807) is 0 Å². The molecule has 0 saturated heterocycles. The van der Waals surface area contributed by atoms with E-state index in [2.05, 4.69) is 0 Å². The number of halogens is 3. The molecule has 0 spiro atoms. The van der Waals surface area contributed by atoms with Gasteiger partial charge in [0.2, 0.25) is 0 Å². The maximum absolute atomic E-state index is 12.7. The second-order valence-corrected chi connectivity index (χ2v) is 4.77. The summed E-state index contributed by atoms with van der Waals surface area (Å²) in [6, 6.07) is 4.34. The zero-order valence-electron chi connectivity index (χ0n) is 10.8. The summed E-state index contributed by atoms with van der Waals surface area (Å²) >= 11 is 0. The minimum Gasteiger partial charge on any atom is -0.330 e. The fourth-order valence-corrected chi connectivity index (χ4v) is 1.81. The SMILES string of the molecule is CCc1cc(CC[C@H](C)CN)cc(C(F)(F)F)c1. The molecule has 0 unspecified atom stereocenters. The van der Waals surface area contributed by atoms with Crippen LogP contribution in [0.2, 0.25) is 0 Å². The van der Waals surface area contributed by atoms with E-state index in [9.17, 15) is 13.2 Å². The van der Waals surface area contributed by atoms with E-state index in [-0.39, 0.29) is 0 Å². The molecule has 0 radical (unpaired) electrons. The minimum absolute atomic E-state index is 0.338. The van der Waals surface area contributed by atoms with E-state index >= 15 is 0 Å². The highest BCUT2D eigenvalue weighted by molar-refractivity contribution is 5.32. The number of hydrogen-bond donors (Lipinski definition) is 1. The Morgan fingerprint density at radius 3 is 2.28 bits per heavy atom. The number of benzene rings is 1. The van der Waals surface area contributed by atoms with Crippen LogP contribution in [0.5, 0.6) is 0 Å². The molecule has 1 rings (SSSR count). The quantitative estimate of drug-likeness (QED) is 0.855. The molecule has 0 aliphatic heterocycles. The molecule has 1 atom stereocenters. The number of aryl methyl sites for hydroxylation is 2. The summed E-state index contributed by atoms with van der Waals surface area (Å²) in [5, 5.41) is 0. The van der Waals surface area contributed by atoms with Gasteiger partial charge in [0.15, 0.2) is 0 Å². The first-order valence-electron chi connectivity index (χ1n) is 6.27. The van der Waals surface area contributed by atoms with Gasteiger partial charge in [0, 0.05) is 0 Å². The van der Waals surface area contributed by atoms with Crippen LogP contribution in [-0.2, 0) is 19.0 Å². The zero-order chi connectivity index (χ0) is 13.8. The van der Waals surface area contributed by atoms with Crippen LogP contribution in [0.3, 0.4) is 0 Å². The number of alkyl halides is 3. The second kappa shape index (κ2) is 6.23. The molecule has 0 fully saturated rings. The van der Waals surface area contributed by atoms with Gasteiger partial charge in [-0.25, -0.2) is 0 Å². The van der Waals surface area contributed by atoms with Crippen molar-refractivity contribution in [3.05, 3.63) is 34.9 Å². The maximum atomic E-state index is 12.7. The summed E-state index contributed by atoms with van der Waals surface area (Å²) in [6.45, 7) is 4.44. The van der Waals surface area contributed by atoms with Crippen LogP contribution >= 0.6 is 0 Å². The van der Waals surface area contributed by atoms with Crippen molar-refractivity contribution in [3.63, 3.8) is 0 Å². The Hall–Kier alpha value is -1.03. The van der Waals surface area contributed by atoms with E-state index < -0.39 is 11.7 Å².